The normalized spacial score (nSPS) is 11.2. The fourth-order valence-corrected chi connectivity index (χ4v) is 3.06. The highest BCUT2D eigenvalue weighted by Crippen LogP contribution is 2.27. The first-order valence-electron chi connectivity index (χ1n) is 8.61. The number of aliphatic carboxylic acids is 1. The lowest BCUT2D eigenvalue weighted by molar-refractivity contribution is -0.136. The van der Waals surface area contributed by atoms with Crippen molar-refractivity contribution < 1.29 is 14.7 Å². The monoisotopic (exact) mass is 399 g/mol. The van der Waals surface area contributed by atoms with Gasteiger partial charge in [-0.2, -0.15) is 5.10 Å². The van der Waals surface area contributed by atoms with Gasteiger partial charge in [-0.1, -0.05) is 32.9 Å². The van der Waals surface area contributed by atoms with Crippen LogP contribution in [0.4, 0.5) is 15.7 Å². The Morgan fingerprint density at radius 3 is 2.64 bits per heavy atom. The molecule has 0 spiro atoms. The molecule has 0 bridgehead atoms. The van der Waals surface area contributed by atoms with Crippen LogP contribution < -0.4 is 10.6 Å². The molecule has 0 radical (unpaired) electrons. The van der Waals surface area contributed by atoms with Crippen LogP contribution in [0.5, 0.6) is 0 Å². The number of carbonyl (C=O) groups is 2. The SMILES string of the molecule is CC(C)(C)c1cc(NC(=O)Nc2nccs2)n(-c2cccc(CC(=O)O)c2)n1. The molecule has 0 aliphatic heterocycles. The van der Waals surface area contributed by atoms with Crippen LogP contribution in [-0.2, 0) is 16.6 Å². The number of benzene rings is 1. The van der Waals surface area contributed by atoms with Crippen LogP contribution in [0.2, 0.25) is 0 Å². The van der Waals surface area contributed by atoms with E-state index in [1.54, 1.807) is 34.5 Å². The van der Waals surface area contributed by atoms with E-state index in [0.717, 1.165) is 5.69 Å². The van der Waals surface area contributed by atoms with Crippen molar-refractivity contribution in [3.05, 3.63) is 53.2 Å². The largest absolute Gasteiger partial charge is 0.481 e. The molecule has 8 nitrogen and oxygen atoms in total. The number of hydrogen-bond donors (Lipinski definition) is 3. The Kier molecular flexibility index (Phi) is 5.46. The van der Waals surface area contributed by atoms with Gasteiger partial charge in [0.1, 0.15) is 5.82 Å². The van der Waals surface area contributed by atoms with Gasteiger partial charge in [0.05, 0.1) is 17.8 Å². The summed E-state index contributed by atoms with van der Waals surface area (Å²) in [6, 6.07) is 8.45. The number of nitrogens with one attached hydrogen (secondary N) is 2. The minimum atomic E-state index is -0.908. The molecule has 3 rings (SSSR count). The molecule has 0 aliphatic carbocycles. The molecule has 2 heterocycles. The number of amides is 2. The fourth-order valence-electron chi connectivity index (χ4n) is 2.54. The number of carboxylic acids is 1. The molecule has 0 saturated carbocycles. The van der Waals surface area contributed by atoms with Crippen LogP contribution in [0, 0.1) is 0 Å². The van der Waals surface area contributed by atoms with E-state index >= 15 is 0 Å². The first-order valence-corrected chi connectivity index (χ1v) is 9.49. The Morgan fingerprint density at radius 1 is 1.21 bits per heavy atom. The molecule has 146 valence electrons. The first-order chi connectivity index (χ1) is 13.2. The molecule has 0 unspecified atom stereocenters. The smallest absolute Gasteiger partial charge is 0.326 e. The van der Waals surface area contributed by atoms with Crippen molar-refractivity contribution in [2.45, 2.75) is 32.6 Å². The third kappa shape index (κ3) is 4.74. The van der Waals surface area contributed by atoms with E-state index in [2.05, 4.69) is 20.7 Å². The fraction of sp³-hybridized carbons (Fsp3) is 0.263. The highest BCUT2D eigenvalue weighted by Gasteiger charge is 2.22. The van der Waals surface area contributed by atoms with Gasteiger partial charge in [-0.05, 0) is 17.7 Å². The van der Waals surface area contributed by atoms with Gasteiger partial charge in [0.25, 0.3) is 0 Å². The molecule has 3 aromatic rings. The number of anilines is 2. The van der Waals surface area contributed by atoms with E-state index in [1.165, 1.54) is 11.3 Å². The lowest BCUT2D eigenvalue weighted by Crippen LogP contribution is -2.21. The van der Waals surface area contributed by atoms with Gasteiger partial charge in [0, 0.05) is 23.1 Å². The third-order valence-electron chi connectivity index (χ3n) is 3.88. The molecule has 0 saturated heterocycles. The van der Waals surface area contributed by atoms with Crippen molar-refractivity contribution in [3.63, 3.8) is 0 Å². The van der Waals surface area contributed by atoms with Gasteiger partial charge in [0.2, 0.25) is 0 Å². The maximum Gasteiger partial charge on any atom is 0.326 e. The lowest BCUT2D eigenvalue weighted by atomic mass is 9.92. The molecule has 2 amide bonds. The molecule has 3 N–H and O–H groups in total. The molecular weight excluding hydrogens is 378 g/mol. The average Bonchev–Trinajstić information content (AvgIpc) is 3.24. The quantitative estimate of drug-likeness (QED) is 0.603. The Balaban J connectivity index is 1.94. The minimum Gasteiger partial charge on any atom is -0.481 e. The zero-order valence-corrected chi connectivity index (χ0v) is 16.6. The second kappa shape index (κ2) is 7.81. The molecule has 0 fully saturated rings. The molecule has 2 aromatic heterocycles. The van der Waals surface area contributed by atoms with Crippen LogP contribution >= 0.6 is 11.3 Å². The zero-order chi connectivity index (χ0) is 20.3. The van der Waals surface area contributed by atoms with Gasteiger partial charge in [-0.15, -0.1) is 11.3 Å². The van der Waals surface area contributed by atoms with Crippen molar-refractivity contribution in [2.75, 3.05) is 10.6 Å². The van der Waals surface area contributed by atoms with Crippen molar-refractivity contribution in [1.82, 2.24) is 14.8 Å². The van der Waals surface area contributed by atoms with E-state index in [4.69, 9.17) is 5.11 Å². The summed E-state index contributed by atoms with van der Waals surface area (Å²) in [5.74, 6) is -0.430. The number of hydrogen-bond acceptors (Lipinski definition) is 5. The Bertz CT molecular complexity index is 989. The van der Waals surface area contributed by atoms with Crippen LogP contribution in [0.1, 0.15) is 32.0 Å². The molecule has 9 heteroatoms. The Morgan fingerprint density at radius 2 is 2.00 bits per heavy atom. The summed E-state index contributed by atoms with van der Waals surface area (Å²) in [5.41, 5.74) is 1.88. The molecule has 0 atom stereocenters. The number of thiazole rings is 1. The number of carboxylic acid groups (broad SMARTS) is 1. The van der Waals surface area contributed by atoms with E-state index in [0.29, 0.717) is 22.2 Å². The van der Waals surface area contributed by atoms with Crippen molar-refractivity contribution in [2.24, 2.45) is 0 Å². The number of carbonyl (C=O) groups excluding carboxylic acids is 1. The van der Waals surface area contributed by atoms with E-state index in [1.807, 2.05) is 32.9 Å². The minimum absolute atomic E-state index is 0.0888. The second-order valence-corrected chi connectivity index (χ2v) is 8.13. The Labute approximate surface area is 166 Å². The van der Waals surface area contributed by atoms with Crippen LogP contribution in [0.25, 0.3) is 5.69 Å². The third-order valence-corrected chi connectivity index (χ3v) is 4.57. The van der Waals surface area contributed by atoms with E-state index in [-0.39, 0.29) is 11.8 Å². The standard InChI is InChI=1S/C19H21N5O3S/c1-19(2,3)14-11-15(21-17(27)22-18-20-7-8-28-18)24(23-14)13-6-4-5-12(9-13)10-16(25)26/h4-9,11H,10H2,1-3H3,(H,25,26)(H2,20,21,22,27). The van der Waals surface area contributed by atoms with Crippen molar-refractivity contribution in [3.8, 4) is 5.69 Å². The van der Waals surface area contributed by atoms with E-state index in [9.17, 15) is 9.59 Å². The predicted octanol–water partition coefficient (Wildman–Crippen LogP) is 3.90. The van der Waals surface area contributed by atoms with Gasteiger partial charge < -0.3 is 5.11 Å². The molecular formula is C19H21N5O3S. The summed E-state index contributed by atoms with van der Waals surface area (Å²) in [5, 5.41) is 21.4. The summed E-state index contributed by atoms with van der Waals surface area (Å²) in [6.45, 7) is 6.08. The van der Waals surface area contributed by atoms with Gasteiger partial charge in [-0.25, -0.2) is 14.5 Å². The first kappa shape index (κ1) is 19.6. The number of aromatic nitrogens is 3. The number of rotatable bonds is 5. The topological polar surface area (TPSA) is 109 Å². The number of nitrogens with zero attached hydrogens (tertiary/aromatic N) is 3. The lowest BCUT2D eigenvalue weighted by Gasteiger charge is -2.14. The maximum atomic E-state index is 12.4. The highest BCUT2D eigenvalue weighted by molar-refractivity contribution is 7.13. The van der Waals surface area contributed by atoms with Crippen LogP contribution in [0.15, 0.2) is 41.9 Å². The van der Waals surface area contributed by atoms with Crippen molar-refractivity contribution in [1.29, 1.82) is 0 Å². The summed E-state index contributed by atoms with van der Waals surface area (Å²) in [6.07, 6.45) is 1.52. The predicted molar refractivity (Wildman–Crippen MR) is 108 cm³/mol. The van der Waals surface area contributed by atoms with Crippen LogP contribution in [-0.4, -0.2) is 31.9 Å². The summed E-state index contributed by atoms with van der Waals surface area (Å²) in [7, 11) is 0. The van der Waals surface area contributed by atoms with E-state index < -0.39 is 12.0 Å². The van der Waals surface area contributed by atoms with Gasteiger partial charge >= 0.3 is 12.0 Å². The van der Waals surface area contributed by atoms with Gasteiger partial charge in [0.15, 0.2) is 5.13 Å². The summed E-state index contributed by atoms with van der Waals surface area (Å²) in [4.78, 5) is 27.4. The average molecular weight is 399 g/mol. The molecule has 28 heavy (non-hydrogen) atoms. The second-order valence-electron chi connectivity index (χ2n) is 7.23. The van der Waals surface area contributed by atoms with Crippen molar-refractivity contribution >= 4 is 34.3 Å². The molecule has 1 aromatic carbocycles. The number of urea groups is 1. The highest BCUT2D eigenvalue weighted by atomic mass is 32.1. The van der Waals surface area contributed by atoms with Crippen LogP contribution in [0.3, 0.4) is 0 Å². The summed E-state index contributed by atoms with van der Waals surface area (Å²) >= 11 is 1.32. The maximum absolute atomic E-state index is 12.4. The van der Waals surface area contributed by atoms with Gasteiger partial charge in [-0.3, -0.25) is 15.4 Å². The Hall–Kier alpha value is -3.20. The molecule has 0 aliphatic rings. The summed E-state index contributed by atoms with van der Waals surface area (Å²) < 4.78 is 1.60. The zero-order valence-electron chi connectivity index (χ0n) is 15.8.